The summed E-state index contributed by atoms with van der Waals surface area (Å²) in [5.41, 5.74) is 1.21. The first-order valence-corrected chi connectivity index (χ1v) is 7.22. The largest absolute Gasteiger partial charge is 0.465 e. The van der Waals surface area contributed by atoms with E-state index in [9.17, 15) is 9.59 Å². The van der Waals surface area contributed by atoms with Crippen molar-refractivity contribution >= 4 is 51.4 Å². The van der Waals surface area contributed by atoms with E-state index in [1.165, 1.54) is 18.4 Å². The van der Waals surface area contributed by atoms with Crippen LogP contribution in [0, 0.1) is 19.8 Å². The second-order valence-electron chi connectivity index (χ2n) is 4.49. The van der Waals surface area contributed by atoms with Gasteiger partial charge < -0.3 is 10.1 Å². The number of aryl methyl sites for hydroxylation is 1. The number of thiophene rings is 1. The maximum atomic E-state index is 11.9. The maximum absolute atomic E-state index is 11.9. The van der Waals surface area contributed by atoms with E-state index in [1.54, 1.807) is 0 Å². The van der Waals surface area contributed by atoms with Crippen LogP contribution < -0.4 is 5.32 Å². The summed E-state index contributed by atoms with van der Waals surface area (Å²) in [6.45, 7) is 3.70. The highest BCUT2D eigenvalue weighted by Crippen LogP contribution is 2.53. The molecule has 1 saturated carbocycles. The SMILES string of the molecule is COC(=O)c1c(NC(=O)C2CC2(Cl)Cl)sc(C)c1C. The number of hydrogen-bond donors (Lipinski definition) is 1. The molecular formula is C12H13Cl2NO3S. The molecule has 1 unspecified atom stereocenters. The number of amides is 1. The molecule has 1 amide bonds. The summed E-state index contributed by atoms with van der Waals surface area (Å²) >= 11 is 13.0. The fourth-order valence-corrected chi connectivity index (χ4v) is 3.32. The van der Waals surface area contributed by atoms with Gasteiger partial charge in [-0.1, -0.05) is 0 Å². The Morgan fingerprint density at radius 1 is 1.42 bits per heavy atom. The van der Waals surface area contributed by atoms with E-state index in [2.05, 4.69) is 5.32 Å². The molecule has 0 bridgehead atoms. The van der Waals surface area contributed by atoms with Gasteiger partial charge in [0, 0.05) is 4.88 Å². The van der Waals surface area contributed by atoms with Crippen LogP contribution in [0.25, 0.3) is 0 Å². The van der Waals surface area contributed by atoms with E-state index in [-0.39, 0.29) is 5.91 Å². The van der Waals surface area contributed by atoms with Gasteiger partial charge in [0.1, 0.15) is 9.33 Å². The van der Waals surface area contributed by atoms with Gasteiger partial charge in [0.15, 0.2) is 0 Å². The number of anilines is 1. The summed E-state index contributed by atoms with van der Waals surface area (Å²) in [6.07, 6.45) is 0.429. The minimum absolute atomic E-state index is 0.267. The molecule has 1 atom stereocenters. The van der Waals surface area contributed by atoms with Crippen molar-refractivity contribution in [3.63, 3.8) is 0 Å². The zero-order chi connectivity index (χ0) is 14.4. The second kappa shape index (κ2) is 4.96. The molecule has 0 radical (unpaired) electrons. The number of alkyl halides is 2. The lowest BCUT2D eigenvalue weighted by atomic mass is 10.1. The Morgan fingerprint density at radius 2 is 2.00 bits per heavy atom. The summed E-state index contributed by atoms with van der Waals surface area (Å²) in [6, 6.07) is 0. The quantitative estimate of drug-likeness (QED) is 0.686. The van der Waals surface area contributed by atoms with Gasteiger partial charge in [-0.15, -0.1) is 34.5 Å². The van der Waals surface area contributed by atoms with E-state index in [4.69, 9.17) is 27.9 Å². The van der Waals surface area contributed by atoms with Crippen molar-refractivity contribution in [2.75, 3.05) is 12.4 Å². The zero-order valence-electron chi connectivity index (χ0n) is 10.7. The van der Waals surface area contributed by atoms with Crippen molar-refractivity contribution in [3.05, 3.63) is 16.0 Å². The van der Waals surface area contributed by atoms with Crippen LogP contribution in [-0.2, 0) is 9.53 Å². The molecule has 19 heavy (non-hydrogen) atoms. The topological polar surface area (TPSA) is 55.4 Å². The van der Waals surface area contributed by atoms with Crippen LogP contribution in [0.1, 0.15) is 27.2 Å². The van der Waals surface area contributed by atoms with Crippen LogP contribution >= 0.6 is 34.5 Å². The predicted molar refractivity (Wildman–Crippen MR) is 76.3 cm³/mol. The van der Waals surface area contributed by atoms with Gasteiger partial charge in [0.25, 0.3) is 0 Å². The van der Waals surface area contributed by atoms with E-state index in [1.807, 2.05) is 13.8 Å². The highest BCUT2D eigenvalue weighted by atomic mass is 35.5. The molecular weight excluding hydrogens is 309 g/mol. The summed E-state index contributed by atoms with van der Waals surface area (Å²) in [7, 11) is 1.31. The smallest absolute Gasteiger partial charge is 0.341 e. The van der Waals surface area contributed by atoms with Crippen molar-refractivity contribution < 1.29 is 14.3 Å². The van der Waals surface area contributed by atoms with E-state index in [0.29, 0.717) is 17.0 Å². The predicted octanol–water partition coefficient (Wildman–Crippen LogP) is 3.28. The minimum Gasteiger partial charge on any atom is -0.465 e. The molecule has 1 aromatic rings. The van der Waals surface area contributed by atoms with E-state index < -0.39 is 16.2 Å². The third-order valence-electron chi connectivity index (χ3n) is 3.15. The Labute approximate surface area is 125 Å². The van der Waals surface area contributed by atoms with Gasteiger partial charge in [-0.05, 0) is 25.8 Å². The molecule has 1 heterocycles. The number of rotatable bonds is 3. The molecule has 7 heteroatoms. The number of hydrogen-bond acceptors (Lipinski definition) is 4. The summed E-state index contributed by atoms with van der Waals surface area (Å²) in [5.74, 6) is -1.16. The Bertz CT molecular complexity index is 553. The zero-order valence-corrected chi connectivity index (χ0v) is 13.0. The molecule has 1 aromatic heterocycles. The van der Waals surface area contributed by atoms with Crippen LogP contribution in [0.3, 0.4) is 0 Å². The number of nitrogens with one attached hydrogen (secondary N) is 1. The fraction of sp³-hybridized carbons (Fsp3) is 0.500. The summed E-state index contributed by atoms with van der Waals surface area (Å²) < 4.78 is 3.76. The molecule has 0 aromatic carbocycles. The molecule has 0 spiro atoms. The van der Waals surface area contributed by atoms with Crippen molar-refractivity contribution in [1.29, 1.82) is 0 Å². The molecule has 0 aliphatic heterocycles. The molecule has 0 saturated heterocycles. The number of carbonyl (C=O) groups excluding carboxylic acids is 2. The maximum Gasteiger partial charge on any atom is 0.341 e. The summed E-state index contributed by atoms with van der Waals surface area (Å²) in [4.78, 5) is 24.6. The first-order valence-electron chi connectivity index (χ1n) is 5.65. The lowest BCUT2D eigenvalue weighted by Crippen LogP contribution is -2.18. The lowest BCUT2D eigenvalue weighted by molar-refractivity contribution is -0.117. The van der Waals surface area contributed by atoms with Gasteiger partial charge in [-0.2, -0.15) is 0 Å². The monoisotopic (exact) mass is 321 g/mol. The Balaban J connectivity index is 2.23. The van der Waals surface area contributed by atoms with Crippen molar-refractivity contribution in [2.45, 2.75) is 24.6 Å². The number of ether oxygens (including phenoxy) is 1. The average molecular weight is 322 g/mol. The highest BCUT2D eigenvalue weighted by molar-refractivity contribution is 7.16. The van der Waals surface area contributed by atoms with Crippen molar-refractivity contribution in [1.82, 2.24) is 0 Å². The third-order valence-corrected chi connectivity index (χ3v) is 5.11. The number of carbonyl (C=O) groups is 2. The highest BCUT2D eigenvalue weighted by Gasteiger charge is 2.56. The third kappa shape index (κ3) is 2.73. The van der Waals surface area contributed by atoms with Gasteiger partial charge >= 0.3 is 5.97 Å². The lowest BCUT2D eigenvalue weighted by Gasteiger charge is -2.06. The molecule has 1 aliphatic carbocycles. The normalized spacial score (nSPS) is 19.9. The molecule has 1 aliphatic rings. The molecule has 104 valence electrons. The molecule has 1 fully saturated rings. The number of halogens is 2. The molecule has 4 nitrogen and oxygen atoms in total. The second-order valence-corrected chi connectivity index (χ2v) is 7.25. The number of methoxy groups -OCH3 is 1. The molecule has 1 N–H and O–H groups in total. The van der Waals surface area contributed by atoms with Crippen molar-refractivity contribution in [3.8, 4) is 0 Å². The molecule has 2 rings (SSSR count). The van der Waals surface area contributed by atoms with Crippen LogP contribution in [0.5, 0.6) is 0 Å². The van der Waals surface area contributed by atoms with Crippen LogP contribution in [0.2, 0.25) is 0 Å². The van der Waals surface area contributed by atoms with Crippen molar-refractivity contribution in [2.24, 2.45) is 5.92 Å². The van der Waals surface area contributed by atoms with Gasteiger partial charge in [-0.25, -0.2) is 4.79 Å². The Kier molecular flexibility index (Phi) is 3.82. The minimum atomic E-state index is -0.975. The van der Waals surface area contributed by atoms with Crippen LogP contribution in [0.4, 0.5) is 5.00 Å². The first-order chi connectivity index (χ1) is 8.77. The standard InChI is InChI=1S/C12H13Cl2NO3S/c1-5-6(2)19-10(8(5)11(17)18-3)15-9(16)7-4-12(7,13)14/h7H,4H2,1-3H3,(H,15,16). The van der Waals surface area contributed by atoms with Crippen LogP contribution in [-0.4, -0.2) is 23.3 Å². The van der Waals surface area contributed by atoms with Crippen LogP contribution in [0.15, 0.2) is 0 Å². The van der Waals surface area contributed by atoms with E-state index >= 15 is 0 Å². The van der Waals surface area contributed by atoms with E-state index in [0.717, 1.165) is 10.4 Å². The fourth-order valence-electron chi connectivity index (χ4n) is 1.76. The summed E-state index contributed by atoms with van der Waals surface area (Å²) in [5, 5.41) is 3.20. The van der Waals surface area contributed by atoms with Gasteiger partial charge in [-0.3, -0.25) is 4.79 Å². The average Bonchev–Trinajstić information content (AvgIpc) is 2.88. The van der Waals surface area contributed by atoms with Gasteiger partial charge in [0.2, 0.25) is 5.91 Å². The number of esters is 1. The first kappa shape index (κ1) is 14.6. The Morgan fingerprint density at radius 3 is 2.47 bits per heavy atom. The van der Waals surface area contributed by atoms with Gasteiger partial charge in [0.05, 0.1) is 18.6 Å². The Hall–Kier alpha value is -0.780.